The lowest BCUT2D eigenvalue weighted by atomic mass is 9.44. The molecule has 0 aromatic carbocycles. The highest BCUT2D eigenvalue weighted by Crippen LogP contribution is 2.70. The molecule has 5 aliphatic rings. The summed E-state index contributed by atoms with van der Waals surface area (Å²) in [5.41, 5.74) is 1.16. The molecule has 0 aromatic heterocycles. The summed E-state index contributed by atoms with van der Waals surface area (Å²) < 4.78 is 6.78. The molecule has 5 fully saturated rings. The van der Waals surface area contributed by atoms with E-state index in [9.17, 15) is 5.11 Å². The SMILES string of the molecule is CC(CO)CCC1O[C@H]2C[C@H]3[C@@H]4CCC5CCCC[C@]5(C)[C@H]4CC[C@]3(C)[C@H]2[C@@H]1C. The fraction of sp³-hybridized carbons (Fsp3) is 1.00. The highest BCUT2D eigenvalue weighted by atomic mass is 16.5. The highest BCUT2D eigenvalue weighted by Gasteiger charge is 2.65. The molecular formula is C27H46O2. The molecule has 2 nitrogen and oxygen atoms in total. The van der Waals surface area contributed by atoms with Crippen molar-refractivity contribution in [2.24, 2.45) is 52.3 Å². The smallest absolute Gasteiger partial charge is 0.0618 e. The maximum absolute atomic E-state index is 9.40. The minimum Gasteiger partial charge on any atom is -0.396 e. The van der Waals surface area contributed by atoms with Crippen LogP contribution in [0.1, 0.15) is 98.3 Å². The Morgan fingerprint density at radius 3 is 2.62 bits per heavy atom. The minimum absolute atomic E-state index is 0.316. The van der Waals surface area contributed by atoms with Crippen molar-refractivity contribution >= 4 is 0 Å². The van der Waals surface area contributed by atoms with Crippen molar-refractivity contribution in [2.45, 2.75) is 111 Å². The van der Waals surface area contributed by atoms with Crippen LogP contribution in [0.3, 0.4) is 0 Å². The van der Waals surface area contributed by atoms with Crippen molar-refractivity contribution in [2.75, 3.05) is 6.61 Å². The molecule has 4 saturated carbocycles. The molecule has 0 aromatic rings. The van der Waals surface area contributed by atoms with Gasteiger partial charge in [0.1, 0.15) is 0 Å². The number of hydrogen-bond donors (Lipinski definition) is 1. The average Bonchev–Trinajstić information content (AvgIpc) is 3.19. The fourth-order valence-electron chi connectivity index (χ4n) is 9.85. The summed E-state index contributed by atoms with van der Waals surface area (Å²) in [5.74, 6) is 5.79. The van der Waals surface area contributed by atoms with Crippen molar-refractivity contribution in [1.82, 2.24) is 0 Å². The summed E-state index contributed by atoms with van der Waals surface area (Å²) in [7, 11) is 0. The van der Waals surface area contributed by atoms with Gasteiger partial charge in [0.15, 0.2) is 0 Å². The van der Waals surface area contributed by atoms with Gasteiger partial charge in [0.2, 0.25) is 0 Å². The van der Waals surface area contributed by atoms with Crippen LogP contribution in [0.25, 0.3) is 0 Å². The normalized spacial score (nSPS) is 54.9. The summed E-state index contributed by atoms with van der Waals surface area (Å²) in [6.07, 6.45) is 16.5. The van der Waals surface area contributed by atoms with Crippen molar-refractivity contribution < 1.29 is 9.84 Å². The topological polar surface area (TPSA) is 29.5 Å². The van der Waals surface area contributed by atoms with E-state index < -0.39 is 0 Å². The molecule has 29 heavy (non-hydrogen) atoms. The first kappa shape index (κ1) is 20.8. The van der Waals surface area contributed by atoms with Crippen LogP contribution in [0, 0.1) is 52.3 Å². The third-order valence-corrected chi connectivity index (χ3v) is 11.4. The zero-order valence-electron chi connectivity index (χ0n) is 19.5. The Labute approximate surface area is 179 Å². The number of rotatable bonds is 4. The van der Waals surface area contributed by atoms with E-state index >= 15 is 0 Å². The van der Waals surface area contributed by atoms with Crippen LogP contribution in [0.5, 0.6) is 0 Å². The van der Waals surface area contributed by atoms with E-state index in [1.54, 1.807) is 0 Å². The number of aliphatic hydroxyl groups excluding tert-OH is 1. The van der Waals surface area contributed by atoms with E-state index in [1.165, 1.54) is 57.8 Å². The predicted molar refractivity (Wildman–Crippen MR) is 119 cm³/mol. The van der Waals surface area contributed by atoms with Gasteiger partial charge in [-0.1, -0.05) is 40.5 Å². The molecule has 4 aliphatic carbocycles. The molecule has 0 spiro atoms. The first-order chi connectivity index (χ1) is 13.9. The van der Waals surface area contributed by atoms with E-state index in [0.29, 0.717) is 41.5 Å². The first-order valence-electron chi connectivity index (χ1n) is 13.1. The standard InChI is InChI=1S/C27H46O2/c1-17(16-28)8-11-23-18(2)25-24(29-23)15-22-20-10-9-19-7-5-6-13-26(19,3)21(20)12-14-27(22,25)4/h17-25,28H,5-16H2,1-4H3/t17?,18-,19?,20-,21+,22+,23?,24+,25+,26+,27+/m1/s1. The Balaban J connectivity index is 1.33. The van der Waals surface area contributed by atoms with Crippen LogP contribution in [-0.2, 0) is 4.74 Å². The molecule has 3 unspecified atom stereocenters. The molecule has 11 atom stereocenters. The molecule has 5 rings (SSSR count). The maximum atomic E-state index is 9.40. The third kappa shape index (κ3) is 3.09. The van der Waals surface area contributed by atoms with Crippen LogP contribution < -0.4 is 0 Å². The molecule has 0 amide bonds. The highest BCUT2D eigenvalue weighted by molar-refractivity contribution is 5.13. The molecular weight excluding hydrogens is 356 g/mol. The van der Waals surface area contributed by atoms with Crippen molar-refractivity contribution in [3.05, 3.63) is 0 Å². The second kappa shape index (κ2) is 7.51. The van der Waals surface area contributed by atoms with E-state index in [0.717, 1.165) is 42.4 Å². The van der Waals surface area contributed by atoms with Crippen LogP contribution in [0.15, 0.2) is 0 Å². The third-order valence-electron chi connectivity index (χ3n) is 11.4. The van der Waals surface area contributed by atoms with Gasteiger partial charge in [-0.3, -0.25) is 0 Å². The quantitative estimate of drug-likeness (QED) is 0.585. The average molecular weight is 403 g/mol. The summed E-state index contributed by atoms with van der Waals surface area (Å²) in [6.45, 7) is 10.4. The summed E-state index contributed by atoms with van der Waals surface area (Å²) in [4.78, 5) is 0. The maximum Gasteiger partial charge on any atom is 0.0618 e. The Morgan fingerprint density at radius 2 is 1.83 bits per heavy atom. The zero-order chi connectivity index (χ0) is 20.4. The van der Waals surface area contributed by atoms with E-state index in [1.807, 2.05) is 0 Å². The molecule has 0 radical (unpaired) electrons. The number of aliphatic hydroxyl groups is 1. The molecule has 1 aliphatic heterocycles. The summed E-state index contributed by atoms with van der Waals surface area (Å²) in [6, 6.07) is 0. The first-order valence-corrected chi connectivity index (χ1v) is 13.1. The Hall–Kier alpha value is -0.0800. The van der Waals surface area contributed by atoms with Gasteiger partial charge < -0.3 is 9.84 Å². The second-order valence-corrected chi connectivity index (χ2v) is 12.6. The van der Waals surface area contributed by atoms with Gasteiger partial charge in [-0.2, -0.15) is 0 Å². The molecule has 1 saturated heterocycles. The largest absolute Gasteiger partial charge is 0.396 e. The summed E-state index contributed by atoms with van der Waals surface area (Å²) >= 11 is 0. The molecule has 1 heterocycles. The van der Waals surface area contributed by atoms with Gasteiger partial charge in [0, 0.05) is 6.61 Å². The molecule has 166 valence electrons. The van der Waals surface area contributed by atoms with Crippen LogP contribution in [-0.4, -0.2) is 23.9 Å². The van der Waals surface area contributed by atoms with Gasteiger partial charge in [-0.15, -0.1) is 0 Å². The van der Waals surface area contributed by atoms with Gasteiger partial charge in [-0.05, 0) is 110 Å². The van der Waals surface area contributed by atoms with Crippen molar-refractivity contribution in [3.63, 3.8) is 0 Å². The lowest BCUT2D eigenvalue weighted by Gasteiger charge is -2.60. The molecule has 0 bridgehead atoms. The fourth-order valence-corrected chi connectivity index (χ4v) is 9.85. The molecule has 1 N–H and O–H groups in total. The van der Waals surface area contributed by atoms with Crippen molar-refractivity contribution in [3.8, 4) is 0 Å². The predicted octanol–water partition coefficient (Wildman–Crippen LogP) is 6.46. The second-order valence-electron chi connectivity index (χ2n) is 12.6. The van der Waals surface area contributed by atoms with E-state index in [4.69, 9.17) is 4.74 Å². The Bertz CT molecular complexity index is 603. The van der Waals surface area contributed by atoms with Crippen LogP contribution >= 0.6 is 0 Å². The van der Waals surface area contributed by atoms with E-state index in [-0.39, 0.29) is 0 Å². The monoisotopic (exact) mass is 402 g/mol. The summed E-state index contributed by atoms with van der Waals surface area (Å²) in [5, 5.41) is 9.40. The lowest BCUT2D eigenvalue weighted by molar-refractivity contribution is -0.115. The number of ether oxygens (including phenoxy) is 1. The zero-order valence-corrected chi connectivity index (χ0v) is 19.5. The van der Waals surface area contributed by atoms with Gasteiger partial charge in [0.25, 0.3) is 0 Å². The Morgan fingerprint density at radius 1 is 1.00 bits per heavy atom. The van der Waals surface area contributed by atoms with Gasteiger partial charge in [0.05, 0.1) is 12.2 Å². The van der Waals surface area contributed by atoms with Gasteiger partial charge >= 0.3 is 0 Å². The molecule has 2 heteroatoms. The lowest BCUT2D eigenvalue weighted by Crippen LogP contribution is -2.53. The van der Waals surface area contributed by atoms with Crippen LogP contribution in [0.4, 0.5) is 0 Å². The van der Waals surface area contributed by atoms with Crippen LogP contribution in [0.2, 0.25) is 0 Å². The van der Waals surface area contributed by atoms with Crippen molar-refractivity contribution in [1.29, 1.82) is 0 Å². The van der Waals surface area contributed by atoms with E-state index in [2.05, 4.69) is 27.7 Å². The Kier molecular flexibility index (Phi) is 5.38. The number of fused-ring (bicyclic) bond motifs is 7. The number of hydrogen-bond acceptors (Lipinski definition) is 2. The minimum atomic E-state index is 0.316. The van der Waals surface area contributed by atoms with Gasteiger partial charge in [-0.25, -0.2) is 0 Å².